The number of nitrogens with zero attached hydrogens (tertiary/aromatic N) is 2. The molecule has 0 saturated heterocycles. The fourth-order valence-electron chi connectivity index (χ4n) is 10.3. The molecule has 3 saturated carbocycles. The van der Waals surface area contributed by atoms with Crippen molar-refractivity contribution in [3.05, 3.63) is 0 Å². The van der Waals surface area contributed by atoms with Crippen molar-refractivity contribution < 1.29 is 41.9 Å². The van der Waals surface area contributed by atoms with Gasteiger partial charge in [-0.05, 0) is 252 Å². The molecule has 0 aromatic carbocycles. The third-order valence-corrected chi connectivity index (χ3v) is 31.4. The maximum Gasteiger partial charge on any atom is 0.410 e. The predicted octanol–water partition coefficient (Wildman–Crippen LogP) is 15.6. The summed E-state index contributed by atoms with van der Waals surface area (Å²) < 4.78 is 36.1. The fourth-order valence-corrected chi connectivity index (χ4v) is 14.6. The number of hydrogen-bond acceptors (Lipinski definition) is 12. The molecule has 0 aliphatic heterocycles. The first-order valence-electron chi connectivity index (χ1n) is 31.9. The Bertz CT molecular complexity index is 1840. The minimum atomic E-state index is -1.69. The van der Waals surface area contributed by atoms with Crippen LogP contribution in [-0.2, 0) is 27.5 Å². The first-order valence-corrected chi connectivity index (χ1v) is 40.7. The second-order valence-corrected chi connectivity index (χ2v) is 47.2. The maximum atomic E-state index is 12.2. The molecule has 5 N–H and O–H groups in total. The van der Waals surface area contributed by atoms with Gasteiger partial charge in [0.1, 0.15) is 16.8 Å². The van der Waals surface area contributed by atoms with Crippen LogP contribution >= 0.6 is 0 Å². The van der Waals surface area contributed by atoms with E-state index in [9.17, 15) is 14.4 Å². The molecule has 0 bridgehead atoms. The van der Waals surface area contributed by atoms with Gasteiger partial charge in [-0.2, -0.15) is 0 Å². The van der Waals surface area contributed by atoms with Gasteiger partial charge in [0, 0.05) is 63.1 Å². The van der Waals surface area contributed by atoms with Gasteiger partial charge < -0.3 is 59.0 Å². The van der Waals surface area contributed by atoms with E-state index in [0.29, 0.717) is 42.6 Å². The van der Waals surface area contributed by atoms with Gasteiger partial charge in [0.05, 0.1) is 0 Å². The molecule has 3 aliphatic rings. The standard InChI is InChI=1S/C22H46N2O3Si.2C21H44N2O3Si/c1-21(2,3)26-20(25)23-18(16-24(7)8)15-17-11-13-19(14-12-17)27-28(9,10)22(4,5)6;1-20(2,3)25-19(24)23(7)15-17(22)14-16-10-12-18(13-11-16)26-27(8,9)21(4,5)6;1-20(2,3)25-19(24)23-17(15-22-7)14-16-10-12-18(13-11-16)26-27(8,9)21(4,5)6/h17-19H,11-16H2,1-10H3,(H,23,25);16-18H,10-15,22H2,1-9H3;16-18,22H,10-15H2,1-9H3,(H,23,24)/t17?,18-,19?;2*16?,17-,18?/m000/s1. The van der Waals surface area contributed by atoms with Crippen LogP contribution in [0.5, 0.6) is 0 Å². The van der Waals surface area contributed by atoms with Crippen LogP contribution in [0.2, 0.25) is 54.4 Å². The predicted molar refractivity (Wildman–Crippen MR) is 352 cm³/mol. The summed E-state index contributed by atoms with van der Waals surface area (Å²) in [5.41, 5.74) is 4.92. The Hall–Kier alpha value is -1.78. The van der Waals surface area contributed by atoms with Gasteiger partial charge in [-0.1, -0.05) is 62.3 Å². The van der Waals surface area contributed by atoms with E-state index >= 15 is 0 Å². The van der Waals surface area contributed by atoms with Gasteiger partial charge in [0.25, 0.3) is 0 Å². The molecule has 3 atom stereocenters. The zero-order chi connectivity index (χ0) is 63.7. The van der Waals surface area contributed by atoms with Crippen molar-refractivity contribution in [3.8, 4) is 0 Å². The van der Waals surface area contributed by atoms with Crippen molar-refractivity contribution in [3.63, 3.8) is 0 Å². The Labute approximate surface area is 508 Å². The van der Waals surface area contributed by atoms with Crippen LogP contribution in [0.1, 0.15) is 221 Å². The summed E-state index contributed by atoms with van der Waals surface area (Å²) in [7, 11) is 2.72. The van der Waals surface area contributed by atoms with Crippen LogP contribution in [-0.4, -0.2) is 154 Å². The molecule has 3 fully saturated rings. The first kappa shape index (κ1) is 78.2. The van der Waals surface area contributed by atoms with Crippen LogP contribution in [0, 0.1) is 17.8 Å². The van der Waals surface area contributed by atoms with Crippen molar-refractivity contribution in [2.45, 2.75) is 329 Å². The second kappa shape index (κ2) is 33.0. The molecule has 0 unspecified atom stereocenters. The SMILES string of the molecule is CN(C)C[C@H](CC1CCC(O[Si](C)(C)C(C)(C)C)CC1)NC(=O)OC(C)(C)C.CN(C[C@@H](N)CC1CCC(O[Si](C)(C)C(C)(C)C)CC1)C(=O)OC(C)(C)C.CNC[C@H](CC1CCC(O[Si](C)(C)C(C)(C)C)CC1)NC(=O)OC(C)(C)C. The van der Waals surface area contributed by atoms with E-state index in [1.165, 1.54) is 38.5 Å². The minimum absolute atomic E-state index is 0.00891. The lowest BCUT2D eigenvalue weighted by atomic mass is 9.83. The number of ether oxygens (including phenoxy) is 3. The van der Waals surface area contributed by atoms with Gasteiger partial charge in [-0.15, -0.1) is 0 Å². The molecular weight excluding hydrogens is 1080 g/mol. The summed E-state index contributed by atoms with van der Waals surface area (Å²) in [5, 5.41) is 10.1. The van der Waals surface area contributed by atoms with Gasteiger partial charge in [0.15, 0.2) is 25.0 Å². The van der Waals surface area contributed by atoms with Crippen molar-refractivity contribution in [2.75, 3.05) is 47.8 Å². The van der Waals surface area contributed by atoms with E-state index in [1.54, 1.807) is 11.9 Å². The van der Waals surface area contributed by atoms with Crippen molar-refractivity contribution >= 4 is 43.2 Å². The molecule has 0 aromatic heterocycles. The molecule has 0 aromatic rings. The van der Waals surface area contributed by atoms with Crippen LogP contribution in [0.15, 0.2) is 0 Å². The molecule has 18 heteroatoms. The van der Waals surface area contributed by atoms with Crippen molar-refractivity contribution in [1.29, 1.82) is 0 Å². The zero-order valence-electron chi connectivity index (χ0n) is 58.6. The molecule has 3 aliphatic carbocycles. The monoisotopic (exact) mass is 1210 g/mol. The van der Waals surface area contributed by atoms with Crippen LogP contribution in [0.3, 0.4) is 0 Å². The highest BCUT2D eigenvalue weighted by Crippen LogP contribution is 2.43. The minimum Gasteiger partial charge on any atom is -0.444 e. The molecule has 0 spiro atoms. The van der Waals surface area contributed by atoms with Gasteiger partial charge in [-0.25, -0.2) is 14.4 Å². The molecular formula is C64H134N6O9Si3. The summed E-state index contributed by atoms with van der Waals surface area (Å²) in [6, 6.07) is 0.214. The molecule has 82 heavy (non-hydrogen) atoms. The largest absolute Gasteiger partial charge is 0.444 e. The van der Waals surface area contributed by atoms with E-state index < -0.39 is 41.8 Å². The summed E-state index contributed by atoms with van der Waals surface area (Å²) >= 11 is 0. The average Bonchev–Trinajstić information content (AvgIpc) is 3.29. The summed E-state index contributed by atoms with van der Waals surface area (Å²) in [4.78, 5) is 40.2. The quantitative estimate of drug-likeness (QED) is 0.0672. The second-order valence-electron chi connectivity index (χ2n) is 32.9. The Balaban J connectivity index is 0.000000615. The molecule has 3 amide bonds. The average molecular weight is 1220 g/mol. The number of hydrogen-bond donors (Lipinski definition) is 4. The Morgan fingerprint density at radius 1 is 0.463 bits per heavy atom. The number of rotatable bonds is 20. The van der Waals surface area contributed by atoms with E-state index in [0.717, 1.165) is 70.9 Å². The topological polar surface area (TPSA) is 175 Å². The number of carbonyl (C=O) groups excluding carboxylic acids is 3. The molecule has 0 heterocycles. The Kier molecular flexibility index (Phi) is 31.5. The molecule has 486 valence electrons. The highest BCUT2D eigenvalue weighted by atomic mass is 28.4. The lowest BCUT2D eigenvalue weighted by Gasteiger charge is -2.41. The summed E-state index contributed by atoms with van der Waals surface area (Å²) in [6.07, 6.45) is 17.1. The van der Waals surface area contributed by atoms with Crippen LogP contribution in [0.4, 0.5) is 14.4 Å². The molecule has 0 radical (unpaired) electrons. The maximum absolute atomic E-state index is 12.2. The highest BCUT2D eigenvalue weighted by Gasteiger charge is 2.43. The first-order chi connectivity index (χ1) is 36.9. The number of likely N-dealkylation sites (N-methyl/N-ethyl adjacent to an activating group) is 3. The Morgan fingerprint density at radius 2 is 0.756 bits per heavy atom. The fraction of sp³-hybridized carbons (Fsp3) is 0.953. The third kappa shape index (κ3) is 32.3. The smallest absolute Gasteiger partial charge is 0.410 e. The molecule has 15 nitrogen and oxygen atoms in total. The number of carbonyl (C=O) groups is 3. The van der Waals surface area contributed by atoms with E-state index in [1.807, 2.05) is 83.5 Å². The third-order valence-electron chi connectivity index (χ3n) is 17.7. The number of alkyl carbamates (subject to hydrolysis) is 2. The lowest BCUT2D eigenvalue weighted by molar-refractivity contribution is 0.0281. The zero-order valence-corrected chi connectivity index (χ0v) is 61.6. The highest BCUT2D eigenvalue weighted by molar-refractivity contribution is 6.75. The van der Waals surface area contributed by atoms with Gasteiger partial charge in [-0.3, -0.25) is 0 Å². The number of amides is 3. The molecule has 3 rings (SSSR count). The van der Waals surface area contributed by atoms with E-state index in [-0.39, 0.29) is 51.5 Å². The summed E-state index contributed by atoms with van der Waals surface area (Å²) in [5.74, 6) is 1.91. The van der Waals surface area contributed by atoms with Crippen LogP contribution in [0.25, 0.3) is 0 Å². The normalized spacial score (nSPS) is 23.0. The van der Waals surface area contributed by atoms with Crippen molar-refractivity contribution in [1.82, 2.24) is 25.8 Å². The van der Waals surface area contributed by atoms with Gasteiger partial charge in [0.2, 0.25) is 0 Å². The lowest BCUT2D eigenvalue weighted by Crippen LogP contribution is -2.46. The number of nitrogens with one attached hydrogen (secondary N) is 3. The van der Waals surface area contributed by atoms with Crippen LogP contribution < -0.4 is 21.7 Å². The van der Waals surface area contributed by atoms with Crippen molar-refractivity contribution in [2.24, 2.45) is 23.5 Å². The van der Waals surface area contributed by atoms with Gasteiger partial charge >= 0.3 is 18.3 Å². The van der Waals surface area contributed by atoms with E-state index in [4.69, 9.17) is 33.2 Å². The Morgan fingerprint density at radius 3 is 1.04 bits per heavy atom. The summed E-state index contributed by atoms with van der Waals surface area (Å²) in [6.45, 7) is 53.9. The van der Waals surface area contributed by atoms with E-state index in [2.05, 4.69) is 122 Å². The number of nitrogens with two attached hydrogens (primary N) is 1.